The summed E-state index contributed by atoms with van der Waals surface area (Å²) in [4.78, 5) is 6.86. The van der Waals surface area contributed by atoms with Gasteiger partial charge in [0.2, 0.25) is 0 Å². The predicted octanol–water partition coefficient (Wildman–Crippen LogP) is 2.75. The zero-order valence-electron chi connectivity index (χ0n) is 11.6. The van der Waals surface area contributed by atoms with Gasteiger partial charge >= 0.3 is 0 Å². The SMILES string of the molecule is O[C@@H](c1ccnc2ccccc12)C1CC2CCN1CC2. The number of aliphatic hydroxyl groups is 1. The number of pyridine rings is 1. The van der Waals surface area contributed by atoms with Gasteiger partial charge in [0.05, 0.1) is 11.6 Å². The normalized spacial score (nSPS) is 30.6. The molecule has 3 saturated heterocycles. The van der Waals surface area contributed by atoms with Crippen LogP contribution in [0.5, 0.6) is 0 Å². The zero-order valence-corrected chi connectivity index (χ0v) is 11.6. The van der Waals surface area contributed by atoms with E-state index < -0.39 is 6.10 Å². The second kappa shape index (κ2) is 4.83. The molecule has 1 N–H and O–H groups in total. The van der Waals surface area contributed by atoms with Gasteiger partial charge in [-0.15, -0.1) is 0 Å². The maximum absolute atomic E-state index is 10.9. The first-order valence-corrected chi connectivity index (χ1v) is 7.59. The Morgan fingerprint density at radius 2 is 1.95 bits per heavy atom. The first-order valence-electron chi connectivity index (χ1n) is 7.59. The van der Waals surface area contributed by atoms with Crippen LogP contribution in [0.4, 0.5) is 0 Å². The highest BCUT2D eigenvalue weighted by Crippen LogP contribution is 2.38. The summed E-state index contributed by atoms with van der Waals surface area (Å²) < 4.78 is 0. The Labute approximate surface area is 119 Å². The van der Waals surface area contributed by atoms with Crippen molar-refractivity contribution in [3.63, 3.8) is 0 Å². The fourth-order valence-corrected chi connectivity index (χ4v) is 3.92. The molecule has 0 radical (unpaired) electrons. The third-order valence-electron chi connectivity index (χ3n) is 5.06. The van der Waals surface area contributed by atoms with E-state index in [1.807, 2.05) is 30.5 Å². The third kappa shape index (κ3) is 1.93. The fraction of sp³-hybridized carbons (Fsp3) is 0.471. The average Bonchev–Trinajstić information content (AvgIpc) is 2.54. The molecule has 3 heteroatoms. The molecule has 3 fully saturated rings. The number of piperidine rings is 3. The summed E-state index contributed by atoms with van der Waals surface area (Å²) in [6.07, 6.45) is 5.17. The van der Waals surface area contributed by atoms with Gasteiger partial charge < -0.3 is 5.11 Å². The van der Waals surface area contributed by atoms with Crippen LogP contribution in [0.1, 0.15) is 30.9 Å². The lowest BCUT2D eigenvalue weighted by atomic mass is 9.80. The van der Waals surface area contributed by atoms with E-state index in [1.165, 1.54) is 12.8 Å². The van der Waals surface area contributed by atoms with Crippen LogP contribution in [0.25, 0.3) is 10.9 Å². The van der Waals surface area contributed by atoms with Crippen LogP contribution in [0.15, 0.2) is 36.5 Å². The van der Waals surface area contributed by atoms with Crippen molar-refractivity contribution in [1.29, 1.82) is 0 Å². The van der Waals surface area contributed by atoms with Crippen molar-refractivity contribution in [1.82, 2.24) is 9.88 Å². The van der Waals surface area contributed by atoms with Crippen LogP contribution in [0.3, 0.4) is 0 Å². The quantitative estimate of drug-likeness (QED) is 0.910. The van der Waals surface area contributed by atoms with Gasteiger partial charge in [-0.3, -0.25) is 9.88 Å². The molecule has 0 amide bonds. The van der Waals surface area contributed by atoms with Gasteiger partial charge in [0.15, 0.2) is 0 Å². The second-order valence-electron chi connectivity index (χ2n) is 6.14. The predicted molar refractivity (Wildman–Crippen MR) is 79.4 cm³/mol. The Hall–Kier alpha value is -1.45. The molecule has 0 aliphatic carbocycles. The zero-order chi connectivity index (χ0) is 13.5. The number of benzene rings is 1. The number of fused-ring (bicyclic) bond motifs is 4. The Bertz CT molecular complexity index is 614. The van der Waals surface area contributed by atoms with Crippen molar-refractivity contribution < 1.29 is 5.11 Å². The Morgan fingerprint density at radius 3 is 2.70 bits per heavy atom. The maximum Gasteiger partial charge on any atom is 0.0952 e. The summed E-state index contributed by atoms with van der Waals surface area (Å²) in [5, 5.41) is 12.0. The van der Waals surface area contributed by atoms with E-state index in [4.69, 9.17) is 0 Å². The van der Waals surface area contributed by atoms with Crippen LogP contribution in [0, 0.1) is 5.92 Å². The summed E-state index contributed by atoms with van der Waals surface area (Å²) in [7, 11) is 0. The molecule has 1 unspecified atom stereocenters. The number of para-hydroxylation sites is 1. The van der Waals surface area contributed by atoms with E-state index in [9.17, 15) is 5.11 Å². The number of nitrogens with zero attached hydrogens (tertiary/aromatic N) is 2. The van der Waals surface area contributed by atoms with Crippen molar-refractivity contribution >= 4 is 10.9 Å². The van der Waals surface area contributed by atoms with Crippen LogP contribution in [-0.4, -0.2) is 34.1 Å². The molecule has 3 aliphatic heterocycles. The van der Waals surface area contributed by atoms with Crippen LogP contribution >= 0.6 is 0 Å². The number of rotatable bonds is 2. The fourth-order valence-electron chi connectivity index (χ4n) is 3.92. The highest BCUT2D eigenvalue weighted by atomic mass is 16.3. The van der Waals surface area contributed by atoms with Crippen LogP contribution in [-0.2, 0) is 0 Å². The maximum atomic E-state index is 10.9. The molecule has 0 spiro atoms. The molecule has 3 aliphatic rings. The van der Waals surface area contributed by atoms with Gasteiger partial charge in [0.1, 0.15) is 0 Å². The highest BCUT2D eigenvalue weighted by molar-refractivity contribution is 5.82. The van der Waals surface area contributed by atoms with E-state index >= 15 is 0 Å². The smallest absolute Gasteiger partial charge is 0.0952 e. The van der Waals surface area contributed by atoms with E-state index in [-0.39, 0.29) is 6.04 Å². The lowest BCUT2D eigenvalue weighted by Crippen LogP contribution is -2.51. The summed E-state index contributed by atoms with van der Waals surface area (Å²) >= 11 is 0. The molecular formula is C17H20N2O. The standard InChI is InChI=1S/C17H20N2O/c20-17(16-11-12-6-9-19(16)10-7-12)14-5-8-18-15-4-2-1-3-13(14)15/h1-5,8,12,16-17,20H,6-7,9-11H2/t16?,17-/m0/s1. The number of hydrogen-bond donors (Lipinski definition) is 1. The van der Waals surface area contributed by atoms with E-state index in [0.717, 1.165) is 41.9 Å². The molecule has 104 valence electrons. The first-order chi connectivity index (χ1) is 9.83. The Balaban J connectivity index is 1.72. The molecule has 0 saturated carbocycles. The van der Waals surface area contributed by atoms with Gasteiger partial charge in [-0.2, -0.15) is 0 Å². The Morgan fingerprint density at radius 1 is 1.15 bits per heavy atom. The van der Waals surface area contributed by atoms with Gasteiger partial charge in [0.25, 0.3) is 0 Å². The molecular weight excluding hydrogens is 248 g/mol. The molecule has 2 bridgehead atoms. The number of aromatic nitrogens is 1. The van der Waals surface area contributed by atoms with Crippen molar-refractivity contribution in [2.75, 3.05) is 13.1 Å². The highest BCUT2D eigenvalue weighted by Gasteiger charge is 2.38. The monoisotopic (exact) mass is 268 g/mol. The summed E-state index contributed by atoms with van der Waals surface area (Å²) in [5.41, 5.74) is 2.01. The Kier molecular flexibility index (Phi) is 2.97. The van der Waals surface area contributed by atoms with Crippen LogP contribution in [0.2, 0.25) is 0 Å². The number of hydrogen-bond acceptors (Lipinski definition) is 3. The second-order valence-corrected chi connectivity index (χ2v) is 6.14. The van der Waals surface area contributed by atoms with Crippen LogP contribution < -0.4 is 0 Å². The lowest BCUT2D eigenvalue weighted by Gasteiger charge is -2.47. The van der Waals surface area contributed by atoms with Gasteiger partial charge in [-0.25, -0.2) is 0 Å². The molecule has 2 aromatic rings. The minimum absolute atomic E-state index is 0.285. The average molecular weight is 268 g/mol. The van der Waals surface area contributed by atoms with E-state index in [2.05, 4.69) is 16.0 Å². The van der Waals surface area contributed by atoms with E-state index in [0.29, 0.717) is 0 Å². The molecule has 2 atom stereocenters. The number of aliphatic hydroxyl groups excluding tert-OH is 1. The summed E-state index contributed by atoms with van der Waals surface area (Å²) in [6, 6.07) is 10.4. The molecule has 3 nitrogen and oxygen atoms in total. The molecule has 4 heterocycles. The van der Waals surface area contributed by atoms with Gasteiger partial charge in [0, 0.05) is 17.6 Å². The van der Waals surface area contributed by atoms with Crippen molar-refractivity contribution in [2.45, 2.75) is 31.4 Å². The van der Waals surface area contributed by atoms with E-state index in [1.54, 1.807) is 0 Å². The van der Waals surface area contributed by atoms with Crippen molar-refractivity contribution in [3.05, 3.63) is 42.1 Å². The minimum atomic E-state index is -0.397. The molecule has 20 heavy (non-hydrogen) atoms. The van der Waals surface area contributed by atoms with Gasteiger partial charge in [-0.1, -0.05) is 18.2 Å². The molecule has 1 aromatic heterocycles. The van der Waals surface area contributed by atoms with Crippen molar-refractivity contribution in [2.24, 2.45) is 5.92 Å². The first kappa shape index (κ1) is 12.3. The molecule has 5 rings (SSSR count). The topological polar surface area (TPSA) is 36.4 Å². The van der Waals surface area contributed by atoms with Gasteiger partial charge in [-0.05, 0) is 56.0 Å². The summed E-state index contributed by atoms with van der Waals surface area (Å²) in [6.45, 7) is 2.30. The third-order valence-corrected chi connectivity index (χ3v) is 5.06. The summed E-state index contributed by atoms with van der Waals surface area (Å²) in [5.74, 6) is 0.813. The molecule has 1 aromatic carbocycles. The minimum Gasteiger partial charge on any atom is -0.387 e. The van der Waals surface area contributed by atoms with Crippen molar-refractivity contribution in [3.8, 4) is 0 Å². The largest absolute Gasteiger partial charge is 0.387 e. The lowest BCUT2D eigenvalue weighted by molar-refractivity contribution is -0.0263.